The van der Waals surface area contributed by atoms with E-state index in [1.807, 2.05) is 48.2 Å². The van der Waals surface area contributed by atoms with Crippen LogP contribution in [0.3, 0.4) is 0 Å². The molecule has 0 fully saturated rings. The van der Waals surface area contributed by atoms with Crippen molar-refractivity contribution in [1.82, 2.24) is 15.2 Å². The zero-order chi connectivity index (χ0) is 17.8. The molecule has 0 spiro atoms. The van der Waals surface area contributed by atoms with Crippen molar-refractivity contribution in [2.24, 2.45) is 0 Å². The normalized spacial score (nSPS) is 13.2. The fraction of sp³-hybridized carbons (Fsp3) is 0.368. The molecule has 0 unspecified atom stereocenters. The van der Waals surface area contributed by atoms with Crippen LogP contribution in [0, 0.1) is 0 Å². The molecule has 3 rings (SSSR count). The minimum atomic E-state index is -0.0537. The van der Waals surface area contributed by atoms with E-state index in [0.29, 0.717) is 19.6 Å². The Hall–Kier alpha value is -2.76. The maximum atomic E-state index is 12.6. The van der Waals surface area contributed by atoms with Crippen LogP contribution in [-0.4, -0.2) is 43.7 Å². The standard InChI is InChI=1S/C19H24N4O2/c1-22(2)18-14(7-5-10-20-18)12-21-19(24)23-11-9-16-15(13-23)6-4-8-17(16)25-3/h4-8,10H,9,11-13H2,1-3H3,(H,21,24). The van der Waals surface area contributed by atoms with Gasteiger partial charge in [0.2, 0.25) is 0 Å². The predicted octanol–water partition coefficient (Wildman–Crippen LogP) is 2.42. The first-order valence-corrected chi connectivity index (χ1v) is 8.39. The van der Waals surface area contributed by atoms with E-state index in [2.05, 4.69) is 16.4 Å². The van der Waals surface area contributed by atoms with Gasteiger partial charge in [-0.05, 0) is 24.1 Å². The molecule has 0 radical (unpaired) electrons. The quantitative estimate of drug-likeness (QED) is 0.929. The molecule has 2 aromatic rings. The number of nitrogens with zero attached hydrogens (tertiary/aromatic N) is 3. The third-order valence-electron chi connectivity index (χ3n) is 4.45. The number of ether oxygens (including phenoxy) is 1. The molecule has 1 aromatic carbocycles. The van der Waals surface area contributed by atoms with Crippen LogP contribution in [0.25, 0.3) is 0 Å². The number of methoxy groups -OCH3 is 1. The summed E-state index contributed by atoms with van der Waals surface area (Å²) in [5, 5.41) is 3.01. The Morgan fingerprint density at radius 1 is 1.32 bits per heavy atom. The smallest absolute Gasteiger partial charge is 0.317 e. The van der Waals surface area contributed by atoms with Crippen LogP contribution in [-0.2, 0) is 19.5 Å². The number of pyridine rings is 1. The van der Waals surface area contributed by atoms with Gasteiger partial charge < -0.3 is 19.9 Å². The number of urea groups is 1. The fourth-order valence-electron chi connectivity index (χ4n) is 3.19. The molecule has 2 heterocycles. The van der Waals surface area contributed by atoms with Gasteiger partial charge in [0.1, 0.15) is 11.6 Å². The molecular weight excluding hydrogens is 316 g/mol. The first-order valence-electron chi connectivity index (χ1n) is 8.39. The van der Waals surface area contributed by atoms with E-state index in [9.17, 15) is 4.79 Å². The zero-order valence-corrected chi connectivity index (χ0v) is 15.0. The molecule has 1 aromatic heterocycles. The SMILES string of the molecule is COc1cccc2c1CCN(C(=O)NCc1cccnc1N(C)C)C2. The number of anilines is 1. The Bertz CT molecular complexity index is 761. The number of nitrogens with one attached hydrogen (secondary N) is 1. The number of benzene rings is 1. The van der Waals surface area contributed by atoms with Crippen molar-refractivity contribution >= 4 is 11.8 Å². The van der Waals surface area contributed by atoms with Crippen LogP contribution in [0.2, 0.25) is 0 Å². The second-order valence-electron chi connectivity index (χ2n) is 6.31. The molecule has 0 saturated carbocycles. The van der Waals surface area contributed by atoms with Gasteiger partial charge in [-0.1, -0.05) is 18.2 Å². The number of aromatic nitrogens is 1. The van der Waals surface area contributed by atoms with Gasteiger partial charge >= 0.3 is 6.03 Å². The summed E-state index contributed by atoms with van der Waals surface area (Å²) >= 11 is 0. The second kappa shape index (κ2) is 7.42. The maximum Gasteiger partial charge on any atom is 0.317 e. The lowest BCUT2D eigenvalue weighted by molar-refractivity contribution is 0.191. The molecule has 1 N–H and O–H groups in total. The molecule has 2 amide bonds. The van der Waals surface area contributed by atoms with Gasteiger partial charge in [0.25, 0.3) is 0 Å². The largest absolute Gasteiger partial charge is 0.496 e. The Kier molecular flexibility index (Phi) is 5.07. The Morgan fingerprint density at radius 3 is 2.92 bits per heavy atom. The summed E-state index contributed by atoms with van der Waals surface area (Å²) in [5.41, 5.74) is 3.35. The molecule has 25 heavy (non-hydrogen) atoms. The second-order valence-corrected chi connectivity index (χ2v) is 6.31. The molecule has 0 atom stereocenters. The van der Waals surface area contributed by atoms with Crippen molar-refractivity contribution in [2.75, 3.05) is 32.6 Å². The molecule has 132 valence electrons. The number of hydrogen-bond acceptors (Lipinski definition) is 4. The summed E-state index contributed by atoms with van der Waals surface area (Å²) in [6.07, 6.45) is 2.57. The molecule has 1 aliphatic heterocycles. The van der Waals surface area contributed by atoms with Gasteiger partial charge in [-0.15, -0.1) is 0 Å². The van der Waals surface area contributed by atoms with E-state index in [1.165, 1.54) is 5.56 Å². The minimum Gasteiger partial charge on any atom is -0.496 e. The predicted molar refractivity (Wildman–Crippen MR) is 97.9 cm³/mol. The van der Waals surface area contributed by atoms with Crippen LogP contribution in [0.5, 0.6) is 5.75 Å². The zero-order valence-electron chi connectivity index (χ0n) is 15.0. The highest BCUT2D eigenvalue weighted by molar-refractivity contribution is 5.75. The summed E-state index contributed by atoms with van der Waals surface area (Å²) in [7, 11) is 5.58. The first kappa shape index (κ1) is 17.1. The molecule has 0 bridgehead atoms. The maximum absolute atomic E-state index is 12.6. The van der Waals surface area contributed by atoms with Crippen LogP contribution in [0.1, 0.15) is 16.7 Å². The van der Waals surface area contributed by atoms with Crippen molar-refractivity contribution in [2.45, 2.75) is 19.5 Å². The molecular formula is C19H24N4O2. The number of hydrogen-bond donors (Lipinski definition) is 1. The van der Waals surface area contributed by atoms with Crippen LogP contribution >= 0.6 is 0 Å². The summed E-state index contributed by atoms with van der Waals surface area (Å²) in [5.74, 6) is 1.78. The van der Waals surface area contributed by atoms with Gasteiger partial charge in [0, 0.05) is 51.1 Å². The summed E-state index contributed by atoms with van der Waals surface area (Å²) in [4.78, 5) is 20.7. The lowest BCUT2D eigenvalue weighted by Crippen LogP contribution is -2.42. The molecule has 6 heteroatoms. The van der Waals surface area contributed by atoms with Gasteiger partial charge in [-0.2, -0.15) is 0 Å². The molecule has 0 saturated heterocycles. The number of rotatable bonds is 4. The van der Waals surface area contributed by atoms with E-state index >= 15 is 0 Å². The minimum absolute atomic E-state index is 0.0537. The molecule has 0 aliphatic carbocycles. The van der Waals surface area contributed by atoms with E-state index in [0.717, 1.165) is 29.1 Å². The highest BCUT2D eigenvalue weighted by atomic mass is 16.5. The Labute approximate surface area is 148 Å². The van der Waals surface area contributed by atoms with Crippen LogP contribution < -0.4 is 15.0 Å². The first-order chi connectivity index (χ1) is 12.1. The van der Waals surface area contributed by atoms with Crippen LogP contribution in [0.15, 0.2) is 36.5 Å². The lowest BCUT2D eigenvalue weighted by Gasteiger charge is -2.30. The Balaban J connectivity index is 1.65. The highest BCUT2D eigenvalue weighted by Gasteiger charge is 2.22. The molecule has 6 nitrogen and oxygen atoms in total. The lowest BCUT2D eigenvalue weighted by atomic mass is 9.99. The number of carbonyl (C=O) groups is 1. The van der Waals surface area contributed by atoms with E-state index < -0.39 is 0 Å². The average Bonchev–Trinajstić information content (AvgIpc) is 2.65. The van der Waals surface area contributed by atoms with Gasteiger partial charge in [-0.25, -0.2) is 9.78 Å². The van der Waals surface area contributed by atoms with Crippen molar-refractivity contribution in [1.29, 1.82) is 0 Å². The third kappa shape index (κ3) is 3.68. The summed E-state index contributed by atoms with van der Waals surface area (Å²) < 4.78 is 5.42. The third-order valence-corrected chi connectivity index (χ3v) is 4.45. The highest BCUT2D eigenvalue weighted by Crippen LogP contribution is 2.27. The van der Waals surface area contributed by atoms with Gasteiger partial charge in [0.15, 0.2) is 0 Å². The van der Waals surface area contributed by atoms with Gasteiger partial charge in [0.05, 0.1) is 7.11 Å². The van der Waals surface area contributed by atoms with E-state index in [1.54, 1.807) is 13.3 Å². The van der Waals surface area contributed by atoms with Gasteiger partial charge in [-0.3, -0.25) is 0 Å². The number of amides is 2. The average molecular weight is 340 g/mol. The van der Waals surface area contributed by atoms with Crippen molar-refractivity contribution in [3.8, 4) is 5.75 Å². The van der Waals surface area contributed by atoms with Crippen molar-refractivity contribution in [3.05, 3.63) is 53.2 Å². The number of carbonyl (C=O) groups excluding carboxylic acids is 1. The van der Waals surface area contributed by atoms with Crippen molar-refractivity contribution in [3.63, 3.8) is 0 Å². The summed E-state index contributed by atoms with van der Waals surface area (Å²) in [6.45, 7) is 1.75. The molecule has 1 aliphatic rings. The fourth-order valence-corrected chi connectivity index (χ4v) is 3.19. The monoisotopic (exact) mass is 340 g/mol. The summed E-state index contributed by atoms with van der Waals surface area (Å²) in [6, 6.07) is 9.82. The Morgan fingerprint density at radius 2 is 2.16 bits per heavy atom. The van der Waals surface area contributed by atoms with E-state index in [4.69, 9.17) is 4.74 Å². The number of fused-ring (bicyclic) bond motifs is 1. The topological polar surface area (TPSA) is 57.7 Å². The van der Waals surface area contributed by atoms with E-state index in [-0.39, 0.29) is 6.03 Å². The van der Waals surface area contributed by atoms with Crippen molar-refractivity contribution < 1.29 is 9.53 Å². The van der Waals surface area contributed by atoms with Crippen LogP contribution in [0.4, 0.5) is 10.6 Å².